The smallest absolute Gasteiger partial charge is 0.189 e. The van der Waals surface area contributed by atoms with Crippen LogP contribution in [0.2, 0.25) is 0 Å². The molecule has 94 valence electrons. The maximum absolute atomic E-state index is 13.0. The first-order chi connectivity index (χ1) is 7.99. The van der Waals surface area contributed by atoms with Crippen LogP contribution in [0.4, 0.5) is 4.39 Å². The van der Waals surface area contributed by atoms with Crippen molar-refractivity contribution >= 4 is 5.96 Å². The second kappa shape index (κ2) is 6.23. The van der Waals surface area contributed by atoms with Crippen LogP contribution >= 0.6 is 0 Å². The molecule has 0 aromatic heterocycles. The largest absolute Gasteiger partial charge is 0.370 e. The minimum absolute atomic E-state index is 0.0541. The van der Waals surface area contributed by atoms with Crippen molar-refractivity contribution in [2.75, 3.05) is 6.54 Å². The number of hydrogen-bond acceptors (Lipinski definition) is 1. The highest BCUT2D eigenvalue weighted by Gasteiger charge is 2.06. The Hall–Kier alpha value is -1.58. The molecule has 1 aromatic carbocycles. The SMILES string of the molecule is CC(C)CN=C(N)NC(C)c1cccc(F)c1. The Morgan fingerprint density at radius 1 is 1.41 bits per heavy atom. The molecule has 17 heavy (non-hydrogen) atoms. The molecule has 1 aromatic rings. The monoisotopic (exact) mass is 237 g/mol. The van der Waals surface area contributed by atoms with Crippen LogP contribution in [0.25, 0.3) is 0 Å². The topological polar surface area (TPSA) is 50.4 Å². The van der Waals surface area contributed by atoms with Crippen molar-refractivity contribution in [3.05, 3.63) is 35.6 Å². The van der Waals surface area contributed by atoms with Crippen molar-refractivity contribution in [1.82, 2.24) is 5.32 Å². The van der Waals surface area contributed by atoms with Crippen LogP contribution in [0.15, 0.2) is 29.3 Å². The van der Waals surface area contributed by atoms with Crippen molar-refractivity contribution in [2.45, 2.75) is 26.8 Å². The van der Waals surface area contributed by atoms with E-state index >= 15 is 0 Å². The molecule has 3 nitrogen and oxygen atoms in total. The molecule has 4 heteroatoms. The predicted octanol–water partition coefficient (Wildman–Crippen LogP) is 2.45. The second-order valence-electron chi connectivity index (χ2n) is 4.54. The van der Waals surface area contributed by atoms with Gasteiger partial charge in [-0.2, -0.15) is 0 Å². The molecule has 1 unspecified atom stereocenters. The van der Waals surface area contributed by atoms with Gasteiger partial charge in [0.25, 0.3) is 0 Å². The van der Waals surface area contributed by atoms with Gasteiger partial charge in [0.1, 0.15) is 5.82 Å². The number of halogens is 1. The number of nitrogens with two attached hydrogens (primary N) is 1. The van der Waals surface area contributed by atoms with E-state index in [9.17, 15) is 4.39 Å². The summed E-state index contributed by atoms with van der Waals surface area (Å²) in [4.78, 5) is 4.20. The average Bonchev–Trinajstić information content (AvgIpc) is 2.26. The number of hydrogen-bond donors (Lipinski definition) is 2. The van der Waals surface area contributed by atoms with E-state index in [-0.39, 0.29) is 11.9 Å². The van der Waals surface area contributed by atoms with E-state index in [0.29, 0.717) is 18.4 Å². The Labute approximate surface area is 102 Å². The third-order valence-corrected chi connectivity index (χ3v) is 2.34. The van der Waals surface area contributed by atoms with Crippen molar-refractivity contribution in [2.24, 2.45) is 16.6 Å². The Morgan fingerprint density at radius 3 is 2.71 bits per heavy atom. The Bertz CT molecular complexity index is 388. The molecule has 0 amide bonds. The van der Waals surface area contributed by atoms with Crippen molar-refractivity contribution < 1.29 is 4.39 Å². The molecular formula is C13H20FN3. The molecular weight excluding hydrogens is 217 g/mol. The van der Waals surface area contributed by atoms with Gasteiger partial charge < -0.3 is 11.1 Å². The molecule has 0 aliphatic carbocycles. The van der Waals surface area contributed by atoms with Gasteiger partial charge >= 0.3 is 0 Å². The molecule has 0 fully saturated rings. The number of aliphatic imine (C=N–C) groups is 1. The Morgan fingerprint density at radius 2 is 2.12 bits per heavy atom. The Kier molecular flexibility index (Phi) is 4.94. The molecule has 0 saturated heterocycles. The molecule has 3 N–H and O–H groups in total. The van der Waals surface area contributed by atoms with Crippen LogP contribution in [-0.2, 0) is 0 Å². The molecule has 1 rings (SSSR count). The third kappa shape index (κ3) is 4.85. The lowest BCUT2D eigenvalue weighted by atomic mass is 10.1. The van der Waals surface area contributed by atoms with Gasteiger partial charge in [0.15, 0.2) is 5.96 Å². The van der Waals surface area contributed by atoms with Crippen LogP contribution in [-0.4, -0.2) is 12.5 Å². The standard InChI is InChI=1S/C13H20FN3/c1-9(2)8-16-13(15)17-10(3)11-5-4-6-12(14)7-11/h4-7,9-10H,8H2,1-3H3,(H3,15,16,17). The maximum atomic E-state index is 13.0. The summed E-state index contributed by atoms with van der Waals surface area (Å²) in [5, 5.41) is 3.04. The van der Waals surface area contributed by atoms with Crippen LogP contribution < -0.4 is 11.1 Å². The van der Waals surface area contributed by atoms with E-state index in [2.05, 4.69) is 24.2 Å². The van der Waals surface area contributed by atoms with E-state index in [1.807, 2.05) is 13.0 Å². The zero-order valence-electron chi connectivity index (χ0n) is 10.6. The number of benzene rings is 1. The summed E-state index contributed by atoms with van der Waals surface area (Å²) in [5.41, 5.74) is 6.60. The maximum Gasteiger partial charge on any atom is 0.189 e. The fourth-order valence-corrected chi connectivity index (χ4v) is 1.41. The van der Waals surface area contributed by atoms with Gasteiger partial charge in [-0.3, -0.25) is 4.99 Å². The lowest BCUT2D eigenvalue weighted by molar-refractivity contribution is 0.616. The van der Waals surface area contributed by atoms with Gasteiger partial charge in [-0.1, -0.05) is 26.0 Å². The number of rotatable bonds is 4. The van der Waals surface area contributed by atoms with Crippen LogP contribution in [0.5, 0.6) is 0 Å². The molecule has 1 atom stereocenters. The van der Waals surface area contributed by atoms with Gasteiger partial charge in [0, 0.05) is 6.54 Å². The first-order valence-corrected chi connectivity index (χ1v) is 5.81. The second-order valence-corrected chi connectivity index (χ2v) is 4.54. The van der Waals surface area contributed by atoms with E-state index in [4.69, 9.17) is 5.73 Å². The molecule has 0 radical (unpaired) electrons. The van der Waals surface area contributed by atoms with Gasteiger partial charge in [-0.25, -0.2) is 4.39 Å². The lowest BCUT2D eigenvalue weighted by Gasteiger charge is -2.15. The summed E-state index contributed by atoms with van der Waals surface area (Å²) in [7, 11) is 0. The zero-order valence-corrected chi connectivity index (χ0v) is 10.6. The highest BCUT2D eigenvalue weighted by Crippen LogP contribution is 2.12. The minimum Gasteiger partial charge on any atom is -0.370 e. The molecule has 0 saturated carbocycles. The average molecular weight is 237 g/mol. The van der Waals surface area contributed by atoms with Crippen molar-refractivity contribution in [3.8, 4) is 0 Å². The summed E-state index contributed by atoms with van der Waals surface area (Å²) >= 11 is 0. The fraction of sp³-hybridized carbons (Fsp3) is 0.462. The van der Waals surface area contributed by atoms with Crippen LogP contribution in [0.3, 0.4) is 0 Å². The third-order valence-electron chi connectivity index (χ3n) is 2.34. The quantitative estimate of drug-likeness (QED) is 0.624. The molecule has 0 bridgehead atoms. The normalized spacial score (nSPS) is 13.8. The van der Waals surface area contributed by atoms with Crippen molar-refractivity contribution in [3.63, 3.8) is 0 Å². The summed E-state index contributed by atoms with van der Waals surface area (Å²) in [6.07, 6.45) is 0. The van der Waals surface area contributed by atoms with Gasteiger partial charge in [-0.05, 0) is 30.5 Å². The molecule has 0 aliphatic heterocycles. The number of nitrogens with one attached hydrogen (secondary N) is 1. The van der Waals surface area contributed by atoms with E-state index in [1.165, 1.54) is 12.1 Å². The lowest BCUT2D eigenvalue weighted by Crippen LogP contribution is -2.34. The molecule has 0 spiro atoms. The van der Waals surface area contributed by atoms with E-state index < -0.39 is 0 Å². The summed E-state index contributed by atoms with van der Waals surface area (Å²) in [6.45, 7) is 6.76. The fourth-order valence-electron chi connectivity index (χ4n) is 1.41. The van der Waals surface area contributed by atoms with Gasteiger partial charge in [0.05, 0.1) is 6.04 Å². The van der Waals surface area contributed by atoms with Crippen LogP contribution in [0, 0.1) is 11.7 Å². The van der Waals surface area contributed by atoms with Gasteiger partial charge in [-0.15, -0.1) is 0 Å². The zero-order chi connectivity index (χ0) is 12.8. The highest BCUT2D eigenvalue weighted by atomic mass is 19.1. The summed E-state index contributed by atoms with van der Waals surface area (Å²) in [6, 6.07) is 6.40. The highest BCUT2D eigenvalue weighted by molar-refractivity contribution is 5.78. The molecule has 0 heterocycles. The van der Waals surface area contributed by atoms with Crippen LogP contribution in [0.1, 0.15) is 32.4 Å². The number of guanidine groups is 1. The molecule has 0 aliphatic rings. The van der Waals surface area contributed by atoms with Crippen molar-refractivity contribution in [1.29, 1.82) is 0 Å². The minimum atomic E-state index is -0.242. The predicted molar refractivity (Wildman–Crippen MR) is 69.3 cm³/mol. The summed E-state index contributed by atoms with van der Waals surface area (Å²) < 4.78 is 13.0. The van der Waals surface area contributed by atoms with Gasteiger partial charge in [0.2, 0.25) is 0 Å². The summed E-state index contributed by atoms with van der Waals surface area (Å²) in [5.74, 6) is 0.629. The Balaban J connectivity index is 2.60. The first kappa shape index (κ1) is 13.5. The van der Waals surface area contributed by atoms with E-state index in [0.717, 1.165) is 5.56 Å². The van der Waals surface area contributed by atoms with E-state index in [1.54, 1.807) is 6.07 Å². The number of nitrogens with zero attached hydrogens (tertiary/aromatic N) is 1. The first-order valence-electron chi connectivity index (χ1n) is 5.81.